The van der Waals surface area contributed by atoms with Crippen molar-refractivity contribution < 1.29 is 19.1 Å². The number of rotatable bonds is 8. The van der Waals surface area contributed by atoms with Gasteiger partial charge in [-0.1, -0.05) is 48.5 Å². The number of nitrogens with one attached hydrogen (secondary N) is 1. The second-order valence-electron chi connectivity index (χ2n) is 6.39. The van der Waals surface area contributed by atoms with Gasteiger partial charge in [-0.05, 0) is 35.4 Å². The smallest absolute Gasteiger partial charge is 0.328 e. The molecule has 6 heteroatoms. The van der Waals surface area contributed by atoms with Crippen molar-refractivity contribution >= 4 is 11.9 Å². The van der Waals surface area contributed by atoms with Crippen LogP contribution in [0.15, 0.2) is 79.0 Å². The molecule has 3 rings (SSSR count). The van der Waals surface area contributed by atoms with Crippen LogP contribution in [0, 0.1) is 0 Å². The zero-order valence-electron chi connectivity index (χ0n) is 16.1. The van der Waals surface area contributed by atoms with E-state index in [1.165, 1.54) is 13.3 Å². The van der Waals surface area contributed by atoms with Crippen LogP contribution in [0.1, 0.15) is 21.6 Å². The third-order valence-electron chi connectivity index (χ3n) is 4.30. The fraction of sp³-hybridized carbons (Fsp3) is 0.174. The number of nitrogens with zero attached hydrogens (tertiary/aromatic N) is 1. The largest absolute Gasteiger partial charge is 0.489 e. The van der Waals surface area contributed by atoms with Crippen molar-refractivity contribution in [3.63, 3.8) is 0 Å². The van der Waals surface area contributed by atoms with Crippen molar-refractivity contribution in [2.45, 2.75) is 19.1 Å². The lowest BCUT2D eigenvalue weighted by Crippen LogP contribution is -2.43. The Bertz CT molecular complexity index is 928. The highest BCUT2D eigenvalue weighted by Gasteiger charge is 2.23. The zero-order valence-corrected chi connectivity index (χ0v) is 16.1. The number of pyridine rings is 1. The number of carbonyl (C=O) groups excluding carboxylic acids is 2. The van der Waals surface area contributed by atoms with Crippen LogP contribution < -0.4 is 10.1 Å². The van der Waals surface area contributed by atoms with Gasteiger partial charge in [0, 0.05) is 12.6 Å². The summed E-state index contributed by atoms with van der Waals surface area (Å²) in [4.78, 5) is 28.5. The van der Waals surface area contributed by atoms with Crippen LogP contribution in [0.2, 0.25) is 0 Å². The summed E-state index contributed by atoms with van der Waals surface area (Å²) in [6.07, 6.45) is 1.82. The van der Waals surface area contributed by atoms with Crippen molar-refractivity contribution in [1.82, 2.24) is 10.3 Å². The maximum absolute atomic E-state index is 12.3. The minimum Gasteiger partial charge on any atom is -0.489 e. The monoisotopic (exact) mass is 390 g/mol. The highest BCUT2D eigenvalue weighted by atomic mass is 16.5. The van der Waals surface area contributed by atoms with Gasteiger partial charge in [0.25, 0.3) is 5.91 Å². The molecule has 1 N–H and O–H groups in total. The molecule has 3 aromatic rings. The molecule has 0 saturated carbocycles. The first-order valence-corrected chi connectivity index (χ1v) is 9.21. The molecule has 0 spiro atoms. The number of esters is 1. The van der Waals surface area contributed by atoms with Gasteiger partial charge in [0.1, 0.15) is 24.1 Å². The third-order valence-corrected chi connectivity index (χ3v) is 4.30. The Morgan fingerprint density at radius 1 is 0.931 bits per heavy atom. The first-order chi connectivity index (χ1) is 14.2. The van der Waals surface area contributed by atoms with Gasteiger partial charge in [0.05, 0.1) is 7.11 Å². The molecular weight excluding hydrogens is 368 g/mol. The summed E-state index contributed by atoms with van der Waals surface area (Å²) in [6.45, 7) is 0.477. The lowest BCUT2D eigenvalue weighted by atomic mass is 10.1. The van der Waals surface area contributed by atoms with E-state index in [2.05, 4.69) is 10.3 Å². The van der Waals surface area contributed by atoms with Crippen molar-refractivity contribution in [2.75, 3.05) is 7.11 Å². The second-order valence-corrected chi connectivity index (χ2v) is 6.39. The lowest BCUT2D eigenvalue weighted by molar-refractivity contribution is -0.142. The minimum atomic E-state index is -0.814. The van der Waals surface area contributed by atoms with Gasteiger partial charge >= 0.3 is 5.97 Å². The molecule has 1 amide bonds. The molecular formula is C23H22N2O4. The van der Waals surface area contributed by atoms with Crippen LogP contribution in [-0.4, -0.2) is 30.0 Å². The highest BCUT2D eigenvalue weighted by Crippen LogP contribution is 2.16. The van der Waals surface area contributed by atoms with E-state index in [1.54, 1.807) is 18.2 Å². The molecule has 1 aromatic heterocycles. The summed E-state index contributed by atoms with van der Waals surface area (Å²) >= 11 is 0. The Kier molecular flexibility index (Phi) is 6.95. The number of hydrogen-bond acceptors (Lipinski definition) is 5. The van der Waals surface area contributed by atoms with Crippen molar-refractivity contribution in [1.29, 1.82) is 0 Å². The molecule has 29 heavy (non-hydrogen) atoms. The predicted molar refractivity (Wildman–Crippen MR) is 108 cm³/mol. The van der Waals surface area contributed by atoms with Gasteiger partial charge < -0.3 is 14.8 Å². The third kappa shape index (κ3) is 5.90. The number of methoxy groups -OCH3 is 1. The van der Waals surface area contributed by atoms with E-state index < -0.39 is 17.9 Å². The van der Waals surface area contributed by atoms with Crippen molar-refractivity contribution in [3.8, 4) is 5.75 Å². The molecule has 6 nitrogen and oxygen atoms in total. The number of ether oxygens (including phenoxy) is 2. The highest BCUT2D eigenvalue weighted by molar-refractivity contribution is 5.95. The lowest BCUT2D eigenvalue weighted by Gasteiger charge is -2.16. The predicted octanol–water partition coefficient (Wildman–Crippen LogP) is 3.17. The van der Waals surface area contributed by atoms with Crippen LogP contribution in [0.25, 0.3) is 0 Å². The Labute approximate surface area is 169 Å². The summed E-state index contributed by atoms with van der Waals surface area (Å²) in [7, 11) is 1.29. The number of amides is 1. The maximum atomic E-state index is 12.3. The molecule has 148 valence electrons. The summed E-state index contributed by atoms with van der Waals surface area (Å²) < 4.78 is 10.6. The zero-order chi connectivity index (χ0) is 20.5. The quantitative estimate of drug-likeness (QED) is 0.598. The summed E-state index contributed by atoms with van der Waals surface area (Å²) in [5.74, 6) is -0.216. The topological polar surface area (TPSA) is 77.5 Å². The number of hydrogen-bond donors (Lipinski definition) is 1. The molecule has 0 aliphatic rings. The Morgan fingerprint density at radius 2 is 1.66 bits per heavy atom. The SMILES string of the molecule is COC(=O)[C@H](Cc1ccc(OCc2ccccc2)cc1)NC(=O)c1ccccn1. The summed E-state index contributed by atoms with van der Waals surface area (Å²) in [6, 6.07) is 21.5. The Hall–Kier alpha value is -3.67. The van der Waals surface area contributed by atoms with Gasteiger partial charge in [-0.3, -0.25) is 9.78 Å². The van der Waals surface area contributed by atoms with Gasteiger partial charge in [-0.2, -0.15) is 0 Å². The van der Waals surface area contributed by atoms with E-state index >= 15 is 0 Å². The van der Waals surface area contributed by atoms with Gasteiger partial charge in [-0.15, -0.1) is 0 Å². The van der Waals surface area contributed by atoms with Gasteiger partial charge in [0.15, 0.2) is 0 Å². The van der Waals surface area contributed by atoms with Gasteiger partial charge in [-0.25, -0.2) is 4.79 Å². The Balaban J connectivity index is 1.61. The van der Waals surface area contributed by atoms with E-state index in [1.807, 2.05) is 54.6 Å². The molecule has 0 aliphatic heterocycles. The van der Waals surface area contributed by atoms with E-state index in [-0.39, 0.29) is 5.69 Å². The average Bonchev–Trinajstić information content (AvgIpc) is 2.78. The van der Waals surface area contributed by atoms with Crippen LogP contribution in [0.4, 0.5) is 0 Å². The number of aromatic nitrogens is 1. The standard InChI is InChI=1S/C23H22N2O4/c1-28-23(27)21(25-22(26)20-9-5-6-14-24-20)15-17-10-12-19(13-11-17)29-16-18-7-3-2-4-8-18/h2-14,21H,15-16H2,1H3,(H,25,26)/t21-/m0/s1. The maximum Gasteiger partial charge on any atom is 0.328 e. The van der Waals surface area contributed by atoms with Crippen molar-refractivity contribution in [3.05, 3.63) is 95.8 Å². The van der Waals surface area contributed by atoms with Gasteiger partial charge in [0.2, 0.25) is 0 Å². The fourth-order valence-electron chi connectivity index (χ4n) is 2.76. The van der Waals surface area contributed by atoms with E-state index in [9.17, 15) is 9.59 Å². The molecule has 0 saturated heterocycles. The van der Waals surface area contributed by atoms with E-state index in [0.717, 1.165) is 16.9 Å². The summed E-state index contributed by atoms with van der Waals surface area (Å²) in [5.41, 5.74) is 2.19. The molecule has 0 unspecified atom stereocenters. The molecule has 1 heterocycles. The number of benzene rings is 2. The molecule has 0 fully saturated rings. The first-order valence-electron chi connectivity index (χ1n) is 9.21. The first kappa shape index (κ1) is 20.1. The molecule has 0 bridgehead atoms. The minimum absolute atomic E-state index is 0.242. The van der Waals surface area contributed by atoms with Crippen LogP contribution >= 0.6 is 0 Å². The average molecular weight is 390 g/mol. The normalized spacial score (nSPS) is 11.3. The summed E-state index contributed by atoms with van der Waals surface area (Å²) in [5, 5.41) is 2.69. The second kappa shape index (κ2) is 10.0. The molecule has 1 atom stereocenters. The van der Waals surface area contributed by atoms with E-state index in [4.69, 9.17) is 9.47 Å². The Morgan fingerprint density at radius 3 is 2.31 bits per heavy atom. The molecule has 0 aliphatic carbocycles. The molecule has 0 radical (unpaired) electrons. The molecule has 2 aromatic carbocycles. The number of carbonyl (C=O) groups is 2. The van der Waals surface area contributed by atoms with Crippen LogP contribution in [-0.2, 0) is 22.6 Å². The van der Waals surface area contributed by atoms with Crippen LogP contribution in [0.5, 0.6) is 5.75 Å². The van der Waals surface area contributed by atoms with E-state index in [0.29, 0.717) is 13.0 Å². The van der Waals surface area contributed by atoms with Crippen LogP contribution in [0.3, 0.4) is 0 Å². The van der Waals surface area contributed by atoms with Crippen molar-refractivity contribution in [2.24, 2.45) is 0 Å². The fourth-order valence-corrected chi connectivity index (χ4v) is 2.76.